The summed E-state index contributed by atoms with van der Waals surface area (Å²) in [6.07, 6.45) is 7.61. The number of fused-ring (bicyclic) bond motifs is 3. The summed E-state index contributed by atoms with van der Waals surface area (Å²) in [6.45, 7) is 1.15. The molecule has 1 fully saturated rings. The van der Waals surface area contributed by atoms with Crippen molar-refractivity contribution in [2.24, 2.45) is 0 Å². The van der Waals surface area contributed by atoms with Crippen molar-refractivity contribution in [2.75, 3.05) is 18.5 Å². The van der Waals surface area contributed by atoms with Crippen molar-refractivity contribution in [3.8, 4) is 22.6 Å². The number of anilines is 1. The van der Waals surface area contributed by atoms with Gasteiger partial charge in [-0.3, -0.25) is 4.40 Å². The first-order chi connectivity index (χ1) is 15.8. The fourth-order valence-electron chi connectivity index (χ4n) is 4.63. The van der Waals surface area contributed by atoms with Crippen LogP contribution >= 0.6 is 0 Å². The number of hydrogen-bond donors (Lipinski definition) is 1. The summed E-state index contributed by atoms with van der Waals surface area (Å²) >= 11 is 0. The molecule has 0 unspecified atom stereocenters. The number of rotatable bonds is 2. The zero-order chi connectivity index (χ0) is 21.2. The van der Waals surface area contributed by atoms with Crippen molar-refractivity contribution in [3.63, 3.8) is 0 Å². The average molecular weight is 430 g/mol. The first-order valence-electron chi connectivity index (χ1n) is 10.8. The first-order valence-corrected chi connectivity index (χ1v) is 10.8. The molecule has 3 aromatic heterocycles. The lowest BCUT2D eigenvalue weighted by Crippen LogP contribution is -2.13. The van der Waals surface area contributed by atoms with E-state index in [4.69, 9.17) is 9.47 Å². The molecule has 7 rings (SSSR count). The Morgan fingerprint density at radius 1 is 1.03 bits per heavy atom. The minimum Gasteiger partial charge on any atom is -0.493 e. The van der Waals surface area contributed by atoms with Crippen LogP contribution in [0.1, 0.15) is 41.6 Å². The van der Waals surface area contributed by atoms with Crippen LogP contribution in [0.3, 0.4) is 0 Å². The van der Waals surface area contributed by atoms with Crippen molar-refractivity contribution in [1.82, 2.24) is 24.6 Å². The third-order valence-corrected chi connectivity index (χ3v) is 6.44. The van der Waals surface area contributed by atoms with Gasteiger partial charge in [-0.1, -0.05) is 0 Å². The van der Waals surface area contributed by atoms with E-state index in [2.05, 4.69) is 25.5 Å². The predicted octanol–water partition coefficient (Wildman–Crippen LogP) is 3.68. The van der Waals surface area contributed by atoms with E-state index in [1.54, 1.807) is 12.4 Å². The number of nitrogens with one attached hydrogen (secondary N) is 1. The monoisotopic (exact) mass is 430 g/mol. The van der Waals surface area contributed by atoms with Gasteiger partial charge in [0.1, 0.15) is 23.7 Å². The summed E-state index contributed by atoms with van der Waals surface area (Å²) in [7, 11) is 0. The highest BCUT2D eigenvalue weighted by Crippen LogP contribution is 2.42. The molecule has 1 aromatic carbocycles. The van der Waals surface area contributed by atoms with Crippen molar-refractivity contribution in [1.29, 1.82) is 0 Å². The van der Waals surface area contributed by atoms with Crippen LogP contribution in [-0.4, -0.2) is 37.8 Å². The third kappa shape index (κ3) is 2.66. The molecule has 0 radical (unpaired) electrons. The summed E-state index contributed by atoms with van der Waals surface area (Å²) in [6, 6.07) is 5.09. The molecule has 1 aliphatic carbocycles. The summed E-state index contributed by atoms with van der Waals surface area (Å²) in [4.78, 5) is 9.11. The molecule has 8 nitrogen and oxygen atoms in total. The van der Waals surface area contributed by atoms with Crippen LogP contribution in [-0.2, 0) is 6.54 Å². The fourth-order valence-corrected chi connectivity index (χ4v) is 4.63. The fraction of sp³-hybridized carbons (Fsp3) is 0.304. The van der Waals surface area contributed by atoms with Crippen molar-refractivity contribution < 1.29 is 13.9 Å². The number of nitrogens with zero attached hydrogens (tertiary/aromatic N) is 5. The molecule has 3 aliphatic rings. The van der Waals surface area contributed by atoms with Gasteiger partial charge in [-0.2, -0.15) is 0 Å². The van der Waals surface area contributed by atoms with E-state index in [1.807, 2.05) is 22.9 Å². The number of halogens is 1. The van der Waals surface area contributed by atoms with Gasteiger partial charge in [-0.05, 0) is 31.0 Å². The second kappa shape index (κ2) is 6.62. The molecule has 1 N–H and O–H groups in total. The maximum absolute atomic E-state index is 14.7. The van der Waals surface area contributed by atoms with Gasteiger partial charge in [0, 0.05) is 47.1 Å². The van der Waals surface area contributed by atoms with Gasteiger partial charge in [0.15, 0.2) is 17.2 Å². The number of aromatic nitrogens is 5. The molecular weight excluding hydrogens is 411 g/mol. The van der Waals surface area contributed by atoms with Gasteiger partial charge in [-0.15, -0.1) is 10.2 Å². The molecule has 4 aromatic rings. The lowest BCUT2D eigenvalue weighted by molar-refractivity contribution is 0.249. The van der Waals surface area contributed by atoms with Gasteiger partial charge in [-0.25, -0.2) is 14.4 Å². The zero-order valence-corrected chi connectivity index (χ0v) is 17.1. The van der Waals surface area contributed by atoms with E-state index >= 15 is 0 Å². The summed E-state index contributed by atoms with van der Waals surface area (Å²) in [5.74, 6) is 3.14. The van der Waals surface area contributed by atoms with Crippen molar-refractivity contribution in [2.45, 2.75) is 31.2 Å². The Morgan fingerprint density at radius 3 is 2.66 bits per heavy atom. The topological polar surface area (TPSA) is 86.5 Å². The molecular formula is C23H19FN6O2. The standard InChI is InChI=1S/C23H19FN6O2/c24-17-3-4-18-20-14(9-31-18)10-32-19-5-15(13-6-25-21(26-7-13)12-1-2-12)22-29-28-11-30(22)23(19)27-8-16(17)20/h3-7,11-12,14,27H,1-2,8-10H2/t14-/m0/s1. The normalized spacial score (nSPS) is 19.1. The highest BCUT2D eigenvalue weighted by Gasteiger charge is 2.32. The lowest BCUT2D eigenvalue weighted by atomic mass is 9.96. The molecule has 1 atom stereocenters. The van der Waals surface area contributed by atoms with Crippen LogP contribution in [0.4, 0.5) is 10.2 Å². The number of hydrogen-bond acceptors (Lipinski definition) is 7. The largest absolute Gasteiger partial charge is 0.493 e. The summed E-state index contributed by atoms with van der Waals surface area (Å²) in [5.41, 5.74) is 3.82. The molecule has 0 saturated heterocycles. The highest BCUT2D eigenvalue weighted by atomic mass is 19.1. The highest BCUT2D eigenvalue weighted by molar-refractivity contribution is 5.81. The van der Waals surface area contributed by atoms with Crippen LogP contribution in [0.2, 0.25) is 0 Å². The van der Waals surface area contributed by atoms with Gasteiger partial charge in [0.2, 0.25) is 0 Å². The van der Waals surface area contributed by atoms with E-state index in [1.165, 1.54) is 6.07 Å². The Morgan fingerprint density at radius 2 is 1.84 bits per heavy atom. The van der Waals surface area contributed by atoms with E-state index in [9.17, 15) is 4.39 Å². The number of ether oxygens (including phenoxy) is 2. The Kier molecular flexibility index (Phi) is 3.70. The van der Waals surface area contributed by atoms with Gasteiger partial charge in [0.25, 0.3) is 0 Å². The maximum atomic E-state index is 14.7. The van der Waals surface area contributed by atoms with Gasteiger partial charge >= 0.3 is 0 Å². The molecule has 0 spiro atoms. The van der Waals surface area contributed by atoms with Crippen LogP contribution in [0.15, 0.2) is 36.9 Å². The molecule has 5 heterocycles. The van der Waals surface area contributed by atoms with E-state index in [0.717, 1.165) is 41.1 Å². The van der Waals surface area contributed by atoms with E-state index in [-0.39, 0.29) is 11.7 Å². The Balaban J connectivity index is 1.35. The number of pyridine rings is 1. The molecule has 2 aliphatic heterocycles. The first kappa shape index (κ1) is 17.9. The van der Waals surface area contributed by atoms with E-state index < -0.39 is 0 Å². The Hall–Kier alpha value is -3.75. The van der Waals surface area contributed by atoms with Gasteiger partial charge in [0.05, 0.1) is 19.1 Å². The summed E-state index contributed by atoms with van der Waals surface area (Å²) < 4.78 is 28.6. The molecule has 0 amide bonds. The third-order valence-electron chi connectivity index (χ3n) is 6.44. The van der Waals surface area contributed by atoms with Crippen LogP contribution in [0.25, 0.3) is 16.8 Å². The smallest absolute Gasteiger partial charge is 0.170 e. The Labute approximate surface area is 182 Å². The average Bonchev–Trinajstić information content (AvgIpc) is 3.38. The minimum atomic E-state index is -0.250. The molecule has 32 heavy (non-hydrogen) atoms. The minimum absolute atomic E-state index is 0.0373. The zero-order valence-electron chi connectivity index (χ0n) is 17.1. The van der Waals surface area contributed by atoms with Crippen molar-refractivity contribution in [3.05, 3.63) is 59.7 Å². The number of benzene rings is 1. The van der Waals surface area contributed by atoms with Gasteiger partial charge < -0.3 is 14.8 Å². The van der Waals surface area contributed by atoms with Crippen LogP contribution < -0.4 is 14.8 Å². The second-order valence-electron chi connectivity index (χ2n) is 8.51. The van der Waals surface area contributed by atoms with E-state index in [0.29, 0.717) is 48.5 Å². The molecule has 0 bridgehead atoms. The second-order valence-corrected chi connectivity index (χ2v) is 8.51. The lowest BCUT2D eigenvalue weighted by Gasteiger charge is -2.16. The Bertz CT molecular complexity index is 1370. The molecule has 9 heteroatoms. The molecule has 1 saturated carbocycles. The molecule has 160 valence electrons. The summed E-state index contributed by atoms with van der Waals surface area (Å²) in [5, 5.41) is 11.8. The van der Waals surface area contributed by atoms with Crippen molar-refractivity contribution >= 4 is 11.5 Å². The SMILES string of the molecule is Fc1ccc2c3c1CNc1c(cc(-c4cnc(C5CC5)nc4)c4nncn14)OC[C@@H]3CO2. The van der Waals surface area contributed by atoms with Crippen LogP contribution in [0.5, 0.6) is 11.5 Å². The quantitative estimate of drug-likeness (QED) is 0.519. The maximum Gasteiger partial charge on any atom is 0.170 e. The predicted molar refractivity (Wildman–Crippen MR) is 113 cm³/mol. The van der Waals surface area contributed by atoms with Crippen LogP contribution in [0, 0.1) is 5.82 Å².